The van der Waals surface area contributed by atoms with E-state index in [1.165, 1.54) is 6.07 Å². The number of ether oxygens (including phenoxy) is 1. The van der Waals surface area contributed by atoms with Crippen molar-refractivity contribution >= 4 is 27.2 Å². The quantitative estimate of drug-likeness (QED) is 0.800. The van der Waals surface area contributed by atoms with Gasteiger partial charge in [0.05, 0.1) is 11.0 Å². The van der Waals surface area contributed by atoms with Gasteiger partial charge in [-0.2, -0.15) is 0 Å². The third kappa shape index (κ3) is 3.60. The van der Waals surface area contributed by atoms with Crippen LogP contribution in [0.25, 0.3) is 0 Å². The zero-order chi connectivity index (χ0) is 15.6. The Balaban J connectivity index is 2.23. The molecule has 2 unspecified atom stereocenters. The van der Waals surface area contributed by atoms with Crippen LogP contribution in [0, 0.1) is 6.92 Å². The van der Waals surface area contributed by atoms with E-state index in [9.17, 15) is 8.42 Å². The topological polar surface area (TPSA) is 81.4 Å². The summed E-state index contributed by atoms with van der Waals surface area (Å²) in [6.07, 6.45) is 2.58. The van der Waals surface area contributed by atoms with Crippen LogP contribution in [-0.2, 0) is 14.8 Å². The summed E-state index contributed by atoms with van der Waals surface area (Å²) in [5, 5.41) is 0. The molecule has 0 aromatic heterocycles. The largest absolute Gasteiger partial charge is 0.389 e. The van der Waals surface area contributed by atoms with Crippen molar-refractivity contribution in [3.63, 3.8) is 0 Å². The van der Waals surface area contributed by atoms with Gasteiger partial charge in [-0.15, -0.1) is 0 Å². The highest BCUT2D eigenvalue weighted by Gasteiger charge is 2.31. The summed E-state index contributed by atoms with van der Waals surface area (Å²) in [6.45, 7) is 1.79. The average Bonchev–Trinajstić information content (AvgIpc) is 2.84. The summed E-state index contributed by atoms with van der Waals surface area (Å²) in [7, 11) is -1.96. The van der Waals surface area contributed by atoms with E-state index in [1.54, 1.807) is 26.2 Å². The van der Waals surface area contributed by atoms with Crippen molar-refractivity contribution < 1.29 is 13.2 Å². The molecule has 0 bridgehead atoms. The zero-order valence-corrected chi connectivity index (χ0v) is 13.8. The molecule has 2 rings (SSSR count). The Morgan fingerprint density at radius 3 is 2.71 bits per heavy atom. The number of hydrogen-bond donors (Lipinski definition) is 2. The van der Waals surface area contributed by atoms with Gasteiger partial charge in [-0.05, 0) is 43.9 Å². The second-order valence-corrected chi connectivity index (χ2v) is 7.43. The fourth-order valence-corrected chi connectivity index (χ4v) is 4.30. The van der Waals surface area contributed by atoms with Crippen molar-refractivity contribution in [2.75, 3.05) is 7.11 Å². The van der Waals surface area contributed by atoms with E-state index in [-0.39, 0.29) is 22.0 Å². The van der Waals surface area contributed by atoms with Gasteiger partial charge in [0.1, 0.15) is 4.99 Å². The lowest BCUT2D eigenvalue weighted by Gasteiger charge is -2.20. The molecule has 0 radical (unpaired) electrons. The lowest BCUT2D eigenvalue weighted by atomic mass is 10.1. The van der Waals surface area contributed by atoms with E-state index in [0.717, 1.165) is 24.8 Å². The highest BCUT2D eigenvalue weighted by molar-refractivity contribution is 7.89. The van der Waals surface area contributed by atoms with Gasteiger partial charge >= 0.3 is 0 Å². The molecular weight excluding hydrogens is 308 g/mol. The van der Waals surface area contributed by atoms with Crippen molar-refractivity contribution in [2.45, 2.75) is 43.2 Å². The van der Waals surface area contributed by atoms with E-state index in [0.29, 0.717) is 5.56 Å². The Morgan fingerprint density at radius 1 is 1.43 bits per heavy atom. The Bertz CT molecular complexity index is 644. The SMILES string of the molecule is COC1CCCC1NS(=O)(=O)c1ccc(C(N)=S)c(C)c1. The molecule has 7 heteroatoms. The van der Waals surface area contributed by atoms with Crippen molar-refractivity contribution in [2.24, 2.45) is 5.73 Å². The molecule has 1 aromatic carbocycles. The van der Waals surface area contributed by atoms with Gasteiger partial charge in [0, 0.05) is 18.7 Å². The molecule has 2 atom stereocenters. The molecule has 21 heavy (non-hydrogen) atoms. The first-order chi connectivity index (χ1) is 9.85. The lowest BCUT2D eigenvalue weighted by molar-refractivity contribution is 0.0916. The van der Waals surface area contributed by atoms with Gasteiger partial charge in [0.2, 0.25) is 10.0 Å². The van der Waals surface area contributed by atoms with Crippen LogP contribution in [0.2, 0.25) is 0 Å². The number of thiocarbonyl (C=S) groups is 1. The fourth-order valence-electron chi connectivity index (χ4n) is 2.69. The minimum atomic E-state index is -3.57. The number of aryl methyl sites for hydroxylation is 1. The van der Waals surface area contributed by atoms with E-state index in [1.807, 2.05) is 0 Å². The first-order valence-corrected chi connectivity index (χ1v) is 8.70. The summed E-state index contributed by atoms with van der Waals surface area (Å²) in [6, 6.07) is 4.60. The number of hydrogen-bond acceptors (Lipinski definition) is 4. The molecule has 1 saturated carbocycles. The molecule has 116 valence electrons. The van der Waals surface area contributed by atoms with Crippen LogP contribution in [0.4, 0.5) is 0 Å². The maximum atomic E-state index is 12.5. The minimum Gasteiger partial charge on any atom is -0.389 e. The molecule has 1 aliphatic carbocycles. The van der Waals surface area contributed by atoms with Gasteiger partial charge < -0.3 is 10.5 Å². The predicted octanol–water partition coefficient (Wildman–Crippen LogP) is 1.48. The summed E-state index contributed by atoms with van der Waals surface area (Å²) in [5.74, 6) is 0. The molecule has 1 fully saturated rings. The van der Waals surface area contributed by atoms with Gasteiger partial charge in [-0.1, -0.05) is 18.3 Å². The summed E-state index contributed by atoms with van der Waals surface area (Å²) in [4.78, 5) is 0.487. The molecule has 3 N–H and O–H groups in total. The van der Waals surface area contributed by atoms with Crippen LogP contribution in [0.3, 0.4) is 0 Å². The number of methoxy groups -OCH3 is 1. The minimum absolute atomic E-state index is 0.0586. The molecule has 0 amide bonds. The van der Waals surface area contributed by atoms with Gasteiger partial charge in [0.15, 0.2) is 0 Å². The summed E-state index contributed by atoms with van der Waals surface area (Å²) >= 11 is 4.93. The second-order valence-electron chi connectivity index (χ2n) is 5.27. The van der Waals surface area contributed by atoms with Crippen LogP contribution in [-0.4, -0.2) is 32.7 Å². The Kier molecular flexibility index (Phi) is 4.98. The van der Waals surface area contributed by atoms with Crippen LogP contribution in [0.1, 0.15) is 30.4 Å². The summed E-state index contributed by atoms with van der Waals surface area (Å²) in [5.41, 5.74) is 7.04. The third-order valence-electron chi connectivity index (χ3n) is 3.84. The van der Waals surface area contributed by atoms with Gasteiger partial charge in [-0.3, -0.25) is 0 Å². The first kappa shape index (κ1) is 16.4. The molecule has 5 nitrogen and oxygen atoms in total. The highest BCUT2D eigenvalue weighted by Crippen LogP contribution is 2.24. The van der Waals surface area contributed by atoms with Crippen LogP contribution >= 0.6 is 12.2 Å². The maximum Gasteiger partial charge on any atom is 0.240 e. The smallest absolute Gasteiger partial charge is 0.240 e. The first-order valence-electron chi connectivity index (χ1n) is 6.80. The number of nitrogens with one attached hydrogen (secondary N) is 1. The zero-order valence-electron chi connectivity index (χ0n) is 12.1. The van der Waals surface area contributed by atoms with E-state index in [4.69, 9.17) is 22.7 Å². The van der Waals surface area contributed by atoms with Crippen LogP contribution < -0.4 is 10.5 Å². The average molecular weight is 328 g/mol. The highest BCUT2D eigenvalue weighted by atomic mass is 32.2. The molecule has 0 heterocycles. The van der Waals surface area contributed by atoms with Gasteiger partial charge in [0.25, 0.3) is 0 Å². The number of benzene rings is 1. The Labute approximate surface area is 130 Å². The molecule has 0 aliphatic heterocycles. The van der Waals surface area contributed by atoms with Gasteiger partial charge in [-0.25, -0.2) is 13.1 Å². The van der Waals surface area contributed by atoms with Crippen molar-refractivity contribution in [3.8, 4) is 0 Å². The molecular formula is C14H20N2O3S2. The second kappa shape index (κ2) is 6.39. The molecule has 1 aromatic rings. The lowest BCUT2D eigenvalue weighted by Crippen LogP contribution is -2.40. The van der Waals surface area contributed by atoms with E-state index < -0.39 is 10.0 Å². The van der Waals surface area contributed by atoms with Crippen molar-refractivity contribution in [1.82, 2.24) is 4.72 Å². The van der Waals surface area contributed by atoms with Crippen molar-refractivity contribution in [1.29, 1.82) is 0 Å². The Morgan fingerprint density at radius 2 is 2.14 bits per heavy atom. The van der Waals surface area contributed by atoms with Crippen molar-refractivity contribution in [3.05, 3.63) is 29.3 Å². The van der Waals surface area contributed by atoms with E-state index in [2.05, 4.69) is 4.72 Å². The monoisotopic (exact) mass is 328 g/mol. The summed E-state index contributed by atoms with van der Waals surface area (Å²) < 4.78 is 33.0. The standard InChI is InChI=1S/C14H20N2O3S2/c1-9-8-10(6-7-11(9)14(15)20)21(17,18)16-12-4-3-5-13(12)19-2/h6-8,12-13,16H,3-5H2,1-2H3,(H2,15,20). The fraction of sp³-hybridized carbons (Fsp3) is 0.500. The molecule has 1 aliphatic rings. The number of rotatable bonds is 5. The van der Waals surface area contributed by atoms with Crippen LogP contribution in [0.5, 0.6) is 0 Å². The Hall–Kier alpha value is -1.02. The molecule has 0 spiro atoms. The number of nitrogens with two attached hydrogens (primary N) is 1. The molecule has 0 saturated heterocycles. The van der Waals surface area contributed by atoms with E-state index >= 15 is 0 Å². The predicted molar refractivity (Wildman–Crippen MR) is 85.8 cm³/mol. The maximum absolute atomic E-state index is 12.5. The van der Waals surface area contributed by atoms with Crippen LogP contribution in [0.15, 0.2) is 23.1 Å². The number of sulfonamides is 1. The normalized spacial score (nSPS) is 22.4. The third-order valence-corrected chi connectivity index (χ3v) is 5.54.